The van der Waals surface area contributed by atoms with Crippen molar-refractivity contribution in [1.29, 1.82) is 0 Å². The summed E-state index contributed by atoms with van der Waals surface area (Å²) in [5.41, 5.74) is 0. The highest BCUT2D eigenvalue weighted by atomic mass is 127. The van der Waals surface area contributed by atoms with Crippen LogP contribution in [0.15, 0.2) is 4.99 Å². The summed E-state index contributed by atoms with van der Waals surface area (Å²) in [6.45, 7) is 11.2. The van der Waals surface area contributed by atoms with E-state index in [0.29, 0.717) is 6.04 Å². The minimum absolute atomic E-state index is 0. The van der Waals surface area contributed by atoms with E-state index in [4.69, 9.17) is 4.99 Å². The van der Waals surface area contributed by atoms with Crippen LogP contribution in [0.25, 0.3) is 0 Å². The van der Waals surface area contributed by atoms with Gasteiger partial charge in [0.1, 0.15) is 0 Å². The van der Waals surface area contributed by atoms with Gasteiger partial charge in [-0.25, -0.2) is 0 Å². The Bertz CT molecular complexity index is 335. The zero-order valence-corrected chi connectivity index (χ0v) is 16.9. The monoisotopic (exact) mass is 422 g/mol. The van der Waals surface area contributed by atoms with Crippen molar-refractivity contribution in [2.24, 2.45) is 10.9 Å². The second-order valence-electron chi connectivity index (χ2n) is 6.81. The summed E-state index contributed by atoms with van der Waals surface area (Å²) < 4.78 is 0. The molecule has 22 heavy (non-hydrogen) atoms. The molecule has 1 saturated heterocycles. The van der Waals surface area contributed by atoms with Crippen LogP contribution in [0.2, 0.25) is 0 Å². The Balaban J connectivity index is 0.00000242. The van der Waals surface area contributed by atoms with Crippen molar-refractivity contribution in [2.45, 2.75) is 71.4 Å². The predicted molar refractivity (Wildman–Crippen MR) is 106 cm³/mol. The molecule has 2 N–H and O–H groups in total. The second-order valence-corrected chi connectivity index (χ2v) is 6.81. The number of nitrogens with one attached hydrogen (secondary N) is 2. The van der Waals surface area contributed by atoms with E-state index in [2.05, 4.69) is 36.3 Å². The van der Waals surface area contributed by atoms with Gasteiger partial charge in [0.25, 0.3) is 0 Å². The molecule has 1 saturated carbocycles. The third-order valence-corrected chi connectivity index (χ3v) is 4.84. The molecule has 4 nitrogen and oxygen atoms in total. The number of hydrogen-bond acceptors (Lipinski definition) is 2. The highest BCUT2D eigenvalue weighted by Gasteiger charge is 2.33. The summed E-state index contributed by atoms with van der Waals surface area (Å²) in [7, 11) is 0. The molecule has 3 unspecified atom stereocenters. The first-order valence-electron chi connectivity index (χ1n) is 8.99. The van der Waals surface area contributed by atoms with Crippen molar-refractivity contribution in [3.05, 3.63) is 0 Å². The molecule has 2 aliphatic rings. The summed E-state index contributed by atoms with van der Waals surface area (Å²) in [5, 5.41) is 6.87. The van der Waals surface area contributed by atoms with Gasteiger partial charge in [-0.1, -0.05) is 13.3 Å². The molecule has 1 aliphatic heterocycles. The zero-order chi connectivity index (χ0) is 15.1. The van der Waals surface area contributed by atoms with E-state index in [9.17, 15) is 0 Å². The van der Waals surface area contributed by atoms with Gasteiger partial charge >= 0.3 is 0 Å². The Kier molecular flexibility index (Phi) is 9.71. The molecular weight excluding hydrogens is 387 g/mol. The molecule has 0 radical (unpaired) electrons. The first-order valence-corrected chi connectivity index (χ1v) is 8.99. The fourth-order valence-electron chi connectivity index (χ4n) is 3.13. The minimum Gasteiger partial charge on any atom is -0.357 e. The van der Waals surface area contributed by atoms with Gasteiger partial charge in [0, 0.05) is 25.2 Å². The first-order chi connectivity index (χ1) is 10.2. The third-order valence-electron chi connectivity index (χ3n) is 4.84. The Hall–Kier alpha value is -0.0400. The molecule has 1 aliphatic carbocycles. The number of aliphatic imine (C=N–C) groups is 1. The molecule has 0 aromatic carbocycles. The average molecular weight is 422 g/mol. The topological polar surface area (TPSA) is 39.7 Å². The van der Waals surface area contributed by atoms with Crippen LogP contribution in [0.4, 0.5) is 0 Å². The van der Waals surface area contributed by atoms with Crippen molar-refractivity contribution in [2.75, 3.05) is 26.2 Å². The maximum Gasteiger partial charge on any atom is 0.191 e. The Morgan fingerprint density at radius 1 is 1.23 bits per heavy atom. The van der Waals surface area contributed by atoms with Crippen molar-refractivity contribution in [1.82, 2.24) is 15.5 Å². The molecule has 3 atom stereocenters. The van der Waals surface area contributed by atoms with Crippen LogP contribution in [0.1, 0.15) is 59.3 Å². The summed E-state index contributed by atoms with van der Waals surface area (Å²) >= 11 is 0. The number of nitrogens with zero attached hydrogens (tertiary/aromatic N) is 2. The van der Waals surface area contributed by atoms with E-state index in [1.54, 1.807) is 0 Å². The number of rotatable bonds is 7. The molecule has 0 bridgehead atoms. The Labute approximate surface area is 153 Å². The number of guanidine groups is 1. The molecule has 5 heteroatoms. The molecule has 2 fully saturated rings. The molecular formula is C17H35IN4. The highest BCUT2D eigenvalue weighted by Crippen LogP contribution is 2.28. The van der Waals surface area contributed by atoms with Crippen molar-refractivity contribution < 1.29 is 0 Å². The molecule has 0 spiro atoms. The first kappa shape index (κ1) is 20.0. The van der Waals surface area contributed by atoms with E-state index in [0.717, 1.165) is 31.0 Å². The number of likely N-dealkylation sites (tertiary alicyclic amines) is 1. The van der Waals surface area contributed by atoms with E-state index in [1.165, 1.54) is 51.6 Å². The van der Waals surface area contributed by atoms with Gasteiger partial charge in [-0.15, -0.1) is 24.0 Å². The normalized spacial score (nSPS) is 28.9. The molecule has 1 heterocycles. The van der Waals surface area contributed by atoms with Crippen LogP contribution in [0, 0.1) is 5.92 Å². The van der Waals surface area contributed by atoms with Gasteiger partial charge in [0.15, 0.2) is 5.96 Å². The van der Waals surface area contributed by atoms with Crippen molar-refractivity contribution >= 4 is 29.9 Å². The minimum atomic E-state index is 0. The third kappa shape index (κ3) is 7.02. The number of unbranched alkanes of at least 4 members (excludes halogenated alkanes) is 1. The van der Waals surface area contributed by atoms with Gasteiger partial charge in [0.05, 0.1) is 0 Å². The van der Waals surface area contributed by atoms with Crippen LogP contribution in [-0.4, -0.2) is 49.1 Å². The lowest BCUT2D eigenvalue weighted by Gasteiger charge is -2.33. The highest BCUT2D eigenvalue weighted by molar-refractivity contribution is 14.0. The van der Waals surface area contributed by atoms with Crippen LogP contribution in [0.5, 0.6) is 0 Å². The smallest absolute Gasteiger partial charge is 0.191 e. The Morgan fingerprint density at radius 2 is 2.00 bits per heavy atom. The van der Waals surface area contributed by atoms with Crippen LogP contribution >= 0.6 is 24.0 Å². The fraction of sp³-hybridized carbons (Fsp3) is 0.941. The summed E-state index contributed by atoms with van der Waals surface area (Å²) in [6, 6.07) is 1.44. The van der Waals surface area contributed by atoms with Crippen LogP contribution in [-0.2, 0) is 0 Å². The SMILES string of the molecule is CCNC(=NCCCCN1CCCCC1C)NC1CC1C.I. The van der Waals surface area contributed by atoms with Gasteiger partial charge in [-0.2, -0.15) is 0 Å². The van der Waals surface area contributed by atoms with E-state index in [-0.39, 0.29) is 24.0 Å². The number of halogens is 1. The molecule has 2 rings (SSSR count). The standard InChI is InChI=1S/C17H34N4.HI/c1-4-18-17(20-16-13-14(16)2)19-10-6-8-12-21-11-7-5-9-15(21)3;/h14-16H,4-13H2,1-3H3,(H2,18,19,20);1H. The lowest BCUT2D eigenvalue weighted by Crippen LogP contribution is -2.39. The van der Waals surface area contributed by atoms with E-state index >= 15 is 0 Å². The van der Waals surface area contributed by atoms with Crippen molar-refractivity contribution in [3.8, 4) is 0 Å². The maximum atomic E-state index is 4.71. The second kappa shape index (κ2) is 10.7. The summed E-state index contributed by atoms with van der Waals surface area (Å²) in [6.07, 6.45) is 7.94. The average Bonchev–Trinajstić information content (AvgIpc) is 3.16. The quantitative estimate of drug-likeness (QED) is 0.287. The van der Waals surface area contributed by atoms with Gasteiger partial charge in [0.2, 0.25) is 0 Å². The summed E-state index contributed by atoms with van der Waals surface area (Å²) in [4.78, 5) is 7.36. The maximum absolute atomic E-state index is 4.71. The van der Waals surface area contributed by atoms with Gasteiger partial charge in [-0.05, 0) is 65.0 Å². The van der Waals surface area contributed by atoms with Crippen LogP contribution < -0.4 is 10.6 Å². The summed E-state index contributed by atoms with van der Waals surface area (Å²) in [5.74, 6) is 1.83. The predicted octanol–water partition coefficient (Wildman–Crippen LogP) is 3.22. The number of hydrogen-bond donors (Lipinski definition) is 2. The zero-order valence-electron chi connectivity index (χ0n) is 14.6. The lowest BCUT2D eigenvalue weighted by molar-refractivity contribution is 0.158. The van der Waals surface area contributed by atoms with Gasteiger partial charge < -0.3 is 15.5 Å². The molecule has 0 aromatic heterocycles. The molecule has 130 valence electrons. The van der Waals surface area contributed by atoms with E-state index < -0.39 is 0 Å². The van der Waals surface area contributed by atoms with Crippen molar-refractivity contribution in [3.63, 3.8) is 0 Å². The Morgan fingerprint density at radius 3 is 2.64 bits per heavy atom. The largest absolute Gasteiger partial charge is 0.357 e. The lowest BCUT2D eigenvalue weighted by atomic mass is 10.0. The molecule has 0 amide bonds. The van der Waals surface area contributed by atoms with E-state index in [1.807, 2.05) is 0 Å². The van der Waals surface area contributed by atoms with Crippen LogP contribution in [0.3, 0.4) is 0 Å². The fourth-order valence-corrected chi connectivity index (χ4v) is 3.13. The number of piperidine rings is 1. The van der Waals surface area contributed by atoms with Gasteiger partial charge in [-0.3, -0.25) is 4.99 Å². The molecule has 0 aromatic rings.